The Balaban J connectivity index is 0.000000172. The molecule has 0 N–H and O–H groups in total. The van der Waals surface area contributed by atoms with Gasteiger partial charge in [-0.25, -0.2) is 81.5 Å². The van der Waals surface area contributed by atoms with E-state index < -0.39 is 76.4 Å². The van der Waals surface area contributed by atoms with Gasteiger partial charge in [0.2, 0.25) is 18.9 Å². The van der Waals surface area contributed by atoms with Gasteiger partial charge in [-0.05, 0) is 151 Å². The number of hydrogen-bond donors (Lipinski definition) is 0. The number of sulfone groups is 3. The van der Waals surface area contributed by atoms with Crippen LogP contribution in [0.2, 0.25) is 0 Å². The second-order valence-electron chi connectivity index (χ2n) is 29.9. The molecule has 3 aliphatic heterocycles. The average Bonchev–Trinajstić information content (AvgIpc) is 1.61. The average molecular weight is 1550 g/mol. The molecule has 3 aromatic carbocycles. The van der Waals surface area contributed by atoms with Crippen LogP contribution in [0.25, 0.3) is 50.6 Å². The number of ether oxygens (including phenoxy) is 3. The first-order valence-corrected chi connectivity index (χ1v) is 40.6. The maximum atomic E-state index is 13.8. The van der Waals surface area contributed by atoms with Gasteiger partial charge in [-0.15, -0.1) is 0 Å². The van der Waals surface area contributed by atoms with Crippen LogP contribution in [0, 0.1) is 16.2 Å². The maximum Gasteiger partial charge on any atom is 0.429 e. The van der Waals surface area contributed by atoms with Gasteiger partial charge in [0.05, 0.1) is 68.1 Å². The molecule has 24 nitrogen and oxygen atoms in total. The predicted molar refractivity (Wildman–Crippen MR) is 396 cm³/mol. The monoisotopic (exact) mass is 1550 g/mol. The summed E-state index contributed by atoms with van der Waals surface area (Å²) in [5, 5.41) is 0. The fraction of sp³-hybridized carbons (Fsp3) is 0.480. The van der Waals surface area contributed by atoms with Gasteiger partial charge in [0.1, 0.15) is 36.9 Å². The molecule has 3 aliphatic rings. The topological polar surface area (TPSA) is 301 Å². The van der Waals surface area contributed by atoms with E-state index in [-0.39, 0.29) is 135 Å². The number of alkyl halides is 5. The lowest BCUT2D eigenvalue weighted by atomic mass is 9.78. The first-order chi connectivity index (χ1) is 49.9. The molecule has 9 heterocycles. The van der Waals surface area contributed by atoms with Crippen molar-refractivity contribution in [2.24, 2.45) is 16.2 Å². The van der Waals surface area contributed by atoms with Crippen LogP contribution in [0.3, 0.4) is 0 Å². The summed E-state index contributed by atoms with van der Waals surface area (Å²) >= 11 is 0. The summed E-state index contributed by atoms with van der Waals surface area (Å²) < 4.78 is 162. The molecule has 9 aromatic rings. The summed E-state index contributed by atoms with van der Waals surface area (Å²) in [5.74, 6) is 0.0193. The minimum absolute atomic E-state index is 0.00952. The van der Waals surface area contributed by atoms with Gasteiger partial charge in [0, 0.05) is 105 Å². The first-order valence-electron chi connectivity index (χ1n) is 35.1. The zero-order valence-electron chi connectivity index (χ0n) is 61.5. The van der Waals surface area contributed by atoms with Crippen LogP contribution in [0.15, 0.2) is 124 Å². The molecule has 3 unspecified atom stereocenters. The molecule has 0 radical (unpaired) electrons. The molecule has 576 valence electrons. The summed E-state index contributed by atoms with van der Waals surface area (Å²) in [5.41, 5.74) is 1.78. The quantitative estimate of drug-likeness (QED) is 0.0450. The van der Waals surface area contributed by atoms with Crippen LogP contribution < -0.4 is 31.3 Å². The summed E-state index contributed by atoms with van der Waals surface area (Å²) in [6, 6.07) is 22.5. The van der Waals surface area contributed by atoms with E-state index in [9.17, 15) is 76.0 Å². The molecule has 0 bridgehead atoms. The van der Waals surface area contributed by atoms with Crippen molar-refractivity contribution in [3.05, 3.63) is 158 Å². The normalized spacial score (nSPS) is 18.8. The SMILES string of the molecule is CC(C)n1c(=O)n(-c2cccc(OC(F)(F)C(C)F)c2)c2ncc(C(=O)CC3(C)CCS(=O)(=O)CC3)cc21.CC(F)Oc1cccc(-n2c(=O)n(C(C)C)c3cc(C(=O)CC4(C)CCS(=O)(=O)CC4)cnc32)c1.CC(F)Oc1cccc(-n2c(=O)n(C(C)C)c3cc(C(=O)C[C@@]4(C)CCS(=O)(=O)C4)cnc32)c1. The number of rotatable bonds is 22. The third-order valence-electron chi connectivity index (χ3n) is 19.6. The minimum atomic E-state index is -4.05. The van der Waals surface area contributed by atoms with E-state index in [1.165, 1.54) is 75.0 Å². The Bertz CT molecular complexity index is 5440. The molecule has 0 spiro atoms. The van der Waals surface area contributed by atoms with Crippen LogP contribution in [0.4, 0.5) is 22.0 Å². The number of hydrogen-bond acceptors (Lipinski definition) is 18. The zero-order chi connectivity index (χ0) is 78.4. The largest absolute Gasteiger partial charge is 0.461 e. The number of pyridine rings is 3. The molecular formula is C75H88F5N9O15S3. The molecule has 4 atom stereocenters. The second kappa shape index (κ2) is 30.8. The van der Waals surface area contributed by atoms with Gasteiger partial charge in [-0.3, -0.25) is 28.1 Å². The number of nitrogens with zero attached hydrogens (tertiary/aromatic N) is 9. The number of ketones is 3. The highest BCUT2D eigenvalue weighted by atomic mass is 32.2. The number of Topliss-reactive ketones (excluding diaryl/α,β-unsaturated/α-hetero) is 3. The van der Waals surface area contributed by atoms with Crippen molar-refractivity contribution in [3.8, 4) is 34.3 Å². The van der Waals surface area contributed by atoms with E-state index >= 15 is 0 Å². The number of aromatic nitrogens is 9. The Morgan fingerprint density at radius 3 is 1.03 bits per heavy atom. The Hall–Kier alpha value is -9.17. The van der Waals surface area contributed by atoms with E-state index in [1.807, 2.05) is 48.5 Å². The van der Waals surface area contributed by atoms with Crippen molar-refractivity contribution in [1.82, 2.24) is 42.4 Å². The smallest absolute Gasteiger partial charge is 0.429 e. The molecule has 3 fully saturated rings. The third-order valence-corrected chi connectivity index (χ3v) is 24.9. The highest BCUT2D eigenvalue weighted by molar-refractivity contribution is 7.92. The lowest BCUT2D eigenvalue weighted by Crippen LogP contribution is -2.34. The second-order valence-corrected chi connectivity index (χ2v) is 36.7. The van der Waals surface area contributed by atoms with Gasteiger partial charge >= 0.3 is 23.2 Å². The minimum Gasteiger partial charge on any atom is -0.461 e. The molecule has 12 rings (SSSR count). The lowest BCUT2D eigenvalue weighted by molar-refractivity contribution is -0.215. The third kappa shape index (κ3) is 18.2. The van der Waals surface area contributed by atoms with Gasteiger partial charge in [-0.2, -0.15) is 8.78 Å². The van der Waals surface area contributed by atoms with Crippen molar-refractivity contribution in [2.45, 2.75) is 178 Å². The number of fused-ring (bicyclic) bond motifs is 3. The number of halogens is 5. The summed E-state index contributed by atoms with van der Waals surface area (Å²) in [7, 11) is -9.24. The van der Waals surface area contributed by atoms with Crippen molar-refractivity contribution in [2.75, 3.05) is 34.5 Å². The van der Waals surface area contributed by atoms with Gasteiger partial charge in [0.15, 0.2) is 44.1 Å². The highest BCUT2D eigenvalue weighted by Gasteiger charge is 2.42. The maximum absolute atomic E-state index is 13.8. The molecule has 32 heteroatoms. The summed E-state index contributed by atoms with van der Waals surface area (Å²) in [6.45, 7) is 19.9. The molecule has 107 heavy (non-hydrogen) atoms. The first kappa shape index (κ1) is 80.4. The van der Waals surface area contributed by atoms with Crippen LogP contribution in [0.1, 0.15) is 184 Å². The lowest BCUT2D eigenvalue weighted by Gasteiger charge is -2.32. The summed E-state index contributed by atoms with van der Waals surface area (Å²) in [6.07, 6.45) is -2.82. The highest BCUT2D eigenvalue weighted by Crippen LogP contribution is 2.40. The fourth-order valence-corrected chi connectivity index (χ4v) is 19.6. The van der Waals surface area contributed by atoms with Crippen molar-refractivity contribution in [1.29, 1.82) is 0 Å². The van der Waals surface area contributed by atoms with E-state index in [0.717, 1.165) is 0 Å². The van der Waals surface area contributed by atoms with Gasteiger partial charge in [0.25, 0.3) is 0 Å². The van der Waals surface area contributed by atoms with E-state index in [0.29, 0.717) is 89.4 Å². The number of carbonyl (C=O) groups is 3. The molecule has 6 aromatic heterocycles. The predicted octanol–water partition coefficient (Wildman–Crippen LogP) is 13.0. The standard InChI is InChI=1S/C26H30F3N3O5S.C25H30FN3O5S.C24H28FN3O5S/c1-16(2)31-21-12-18(22(33)14-25(4)8-10-38(35,36)11-9-25)15-30-23(21)32(24(31)34)19-6-5-7-20(13-19)37-26(28,29)17(3)27;1-16(2)28-21-12-18(22(30)14-25(4)8-10-35(32,33)11-9-25)15-27-23(21)29(24(28)31)19-6-5-7-20(13-19)34-17(3)26;1-15(2)27-20-10-17(21(29)12-24(4)8-9-34(31,32)14-24)13-26-22(20)28(23(27)30)18-6-5-7-19(11-18)33-16(3)25/h5-7,12-13,15-17H,8-11,14H2,1-4H3;5-7,12-13,15-17H,8-11,14H2,1-4H3;5-7,10-11,13,15-16H,8-9,12,14H2,1-4H3/t;;16?,24-/m..1/s1. The Labute approximate surface area is 615 Å². The molecule has 3 saturated heterocycles. The van der Waals surface area contributed by atoms with Crippen molar-refractivity contribution >= 4 is 80.4 Å². The van der Waals surface area contributed by atoms with Crippen molar-refractivity contribution in [3.63, 3.8) is 0 Å². The van der Waals surface area contributed by atoms with E-state index in [4.69, 9.17) is 9.47 Å². The molecule has 0 aliphatic carbocycles. The zero-order valence-corrected chi connectivity index (χ0v) is 64.0. The number of carbonyl (C=O) groups excluding carboxylic acids is 3. The summed E-state index contributed by atoms with van der Waals surface area (Å²) in [4.78, 5) is 93.0. The van der Waals surface area contributed by atoms with Crippen LogP contribution in [0.5, 0.6) is 17.2 Å². The Morgan fingerprint density at radius 2 is 0.738 bits per heavy atom. The van der Waals surface area contributed by atoms with Crippen LogP contribution >= 0.6 is 0 Å². The Kier molecular flexibility index (Phi) is 23.2. The molecule has 0 saturated carbocycles. The van der Waals surface area contributed by atoms with Crippen LogP contribution in [-0.2, 0) is 29.5 Å². The van der Waals surface area contributed by atoms with Gasteiger partial charge in [-0.1, -0.05) is 39.0 Å². The van der Waals surface area contributed by atoms with E-state index in [2.05, 4.69) is 19.7 Å². The fourth-order valence-electron chi connectivity index (χ4n) is 13.7. The molecule has 0 amide bonds. The molecular weight excluding hydrogens is 1460 g/mol. The van der Waals surface area contributed by atoms with Crippen LogP contribution in [-0.4, -0.2) is 144 Å². The number of imidazole rings is 3. The number of benzene rings is 3. The van der Waals surface area contributed by atoms with Crippen molar-refractivity contribution < 1.29 is 75.8 Å². The van der Waals surface area contributed by atoms with Gasteiger partial charge < -0.3 is 14.2 Å². The Morgan fingerprint density at radius 1 is 0.449 bits per heavy atom. The van der Waals surface area contributed by atoms with E-state index in [1.54, 1.807) is 89.7 Å².